The Bertz CT molecular complexity index is 537. The number of hydrogen-bond acceptors (Lipinski definition) is 1. The van der Waals surface area contributed by atoms with Gasteiger partial charge in [-0.15, -0.1) is 0 Å². The summed E-state index contributed by atoms with van der Waals surface area (Å²) >= 11 is 12.1. The van der Waals surface area contributed by atoms with Crippen molar-refractivity contribution in [3.63, 3.8) is 0 Å². The van der Waals surface area contributed by atoms with Crippen molar-refractivity contribution in [1.82, 2.24) is 5.32 Å². The van der Waals surface area contributed by atoms with E-state index >= 15 is 0 Å². The van der Waals surface area contributed by atoms with Crippen molar-refractivity contribution in [2.45, 2.75) is 25.9 Å². The first-order chi connectivity index (χ1) is 9.08. The minimum atomic E-state index is 0.194. The van der Waals surface area contributed by atoms with Gasteiger partial charge in [-0.2, -0.15) is 0 Å². The van der Waals surface area contributed by atoms with Crippen LogP contribution in [0, 0.1) is 0 Å². The Morgan fingerprint density at radius 1 is 0.842 bits per heavy atom. The molecule has 0 aliphatic rings. The van der Waals surface area contributed by atoms with E-state index in [0.29, 0.717) is 0 Å². The third kappa shape index (κ3) is 3.73. The van der Waals surface area contributed by atoms with Crippen LogP contribution in [-0.2, 0) is 0 Å². The molecule has 3 heteroatoms. The van der Waals surface area contributed by atoms with Gasteiger partial charge in [0.2, 0.25) is 0 Å². The number of nitrogens with one attached hydrogen (secondary N) is 1. The molecule has 0 fully saturated rings. The molecule has 0 aromatic heterocycles. The maximum Gasteiger partial charge on any atom is 0.0453 e. The second-order valence-corrected chi connectivity index (χ2v) is 5.53. The lowest BCUT2D eigenvalue weighted by molar-refractivity contribution is 0.495. The van der Waals surface area contributed by atoms with Crippen LogP contribution >= 0.6 is 23.2 Å². The highest BCUT2D eigenvalue weighted by Crippen LogP contribution is 2.25. The summed E-state index contributed by atoms with van der Waals surface area (Å²) in [7, 11) is 0. The molecule has 2 atom stereocenters. The Morgan fingerprint density at radius 2 is 1.47 bits per heavy atom. The van der Waals surface area contributed by atoms with Gasteiger partial charge < -0.3 is 5.32 Å². The summed E-state index contributed by atoms with van der Waals surface area (Å²) in [5.41, 5.74) is 2.33. The predicted octanol–water partition coefficient (Wildman–Crippen LogP) is 5.41. The van der Waals surface area contributed by atoms with Gasteiger partial charge in [-0.05, 0) is 43.2 Å². The molecule has 0 heterocycles. The summed E-state index contributed by atoms with van der Waals surface area (Å²) in [4.78, 5) is 0. The molecule has 1 unspecified atom stereocenters. The summed E-state index contributed by atoms with van der Waals surface area (Å²) in [6.45, 7) is 4.25. The molecule has 1 N–H and O–H groups in total. The van der Waals surface area contributed by atoms with Gasteiger partial charge in [-0.25, -0.2) is 0 Å². The van der Waals surface area contributed by atoms with Crippen molar-refractivity contribution in [2.75, 3.05) is 0 Å². The molecule has 1 nitrogen and oxygen atoms in total. The Hall–Kier alpha value is -1.02. The van der Waals surface area contributed by atoms with Crippen molar-refractivity contribution >= 4 is 23.2 Å². The lowest BCUT2D eigenvalue weighted by Gasteiger charge is -2.21. The molecular weight excluding hydrogens is 277 g/mol. The number of hydrogen-bond donors (Lipinski definition) is 1. The van der Waals surface area contributed by atoms with E-state index in [1.165, 1.54) is 5.56 Å². The molecule has 100 valence electrons. The van der Waals surface area contributed by atoms with E-state index in [9.17, 15) is 0 Å². The SMILES string of the molecule is CC(N[C@H](C)c1ccccc1Cl)c1ccc(Cl)cc1. The van der Waals surface area contributed by atoms with Crippen molar-refractivity contribution in [3.05, 3.63) is 69.7 Å². The lowest BCUT2D eigenvalue weighted by atomic mass is 10.0. The maximum atomic E-state index is 6.21. The average molecular weight is 294 g/mol. The third-order valence-corrected chi connectivity index (χ3v) is 3.84. The molecule has 2 aromatic carbocycles. The van der Waals surface area contributed by atoms with Crippen LogP contribution in [0.2, 0.25) is 10.0 Å². The molecule has 0 bridgehead atoms. The van der Waals surface area contributed by atoms with Gasteiger partial charge >= 0.3 is 0 Å². The second kappa shape index (κ2) is 6.42. The molecule has 0 amide bonds. The van der Waals surface area contributed by atoms with Crippen molar-refractivity contribution in [3.8, 4) is 0 Å². The fourth-order valence-electron chi connectivity index (χ4n) is 2.14. The van der Waals surface area contributed by atoms with Crippen LogP contribution in [0.3, 0.4) is 0 Å². The summed E-state index contributed by atoms with van der Waals surface area (Å²) < 4.78 is 0. The van der Waals surface area contributed by atoms with Crippen molar-refractivity contribution in [1.29, 1.82) is 0 Å². The quantitative estimate of drug-likeness (QED) is 0.795. The van der Waals surface area contributed by atoms with Gasteiger partial charge in [-0.3, -0.25) is 0 Å². The standard InChI is InChI=1S/C16H17Cl2N/c1-11(13-7-9-14(17)10-8-13)19-12(2)15-5-3-4-6-16(15)18/h3-12,19H,1-2H3/t11?,12-/m1/s1. The number of halogens is 2. The highest BCUT2D eigenvalue weighted by molar-refractivity contribution is 6.31. The smallest absolute Gasteiger partial charge is 0.0453 e. The first-order valence-electron chi connectivity index (χ1n) is 6.34. The van der Waals surface area contributed by atoms with Crippen molar-refractivity contribution < 1.29 is 0 Å². The highest BCUT2D eigenvalue weighted by atomic mass is 35.5. The van der Waals surface area contributed by atoms with Gasteiger partial charge in [0.05, 0.1) is 0 Å². The zero-order chi connectivity index (χ0) is 13.8. The van der Waals surface area contributed by atoms with E-state index in [1.54, 1.807) is 0 Å². The molecule has 2 aromatic rings. The number of rotatable bonds is 4. The minimum absolute atomic E-state index is 0.194. The largest absolute Gasteiger partial charge is 0.304 e. The van der Waals surface area contributed by atoms with E-state index in [2.05, 4.69) is 25.2 Å². The first kappa shape index (κ1) is 14.4. The van der Waals surface area contributed by atoms with E-state index in [4.69, 9.17) is 23.2 Å². The summed E-state index contributed by atoms with van der Waals surface area (Å²) in [5.74, 6) is 0. The highest BCUT2D eigenvalue weighted by Gasteiger charge is 2.13. The zero-order valence-corrected chi connectivity index (χ0v) is 12.5. The molecular formula is C16H17Cl2N. The molecule has 19 heavy (non-hydrogen) atoms. The molecule has 0 aliphatic heterocycles. The summed E-state index contributed by atoms with van der Waals surface area (Å²) in [6, 6.07) is 16.3. The molecule has 0 saturated heterocycles. The Morgan fingerprint density at radius 3 is 2.11 bits per heavy atom. The second-order valence-electron chi connectivity index (χ2n) is 4.68. The van der Waals surface area contributed by atoms with Crippen LogP contribution in [-0.4, -0.2) is 0 Å². The Kier molecular flexibility index (Phi) is 4.87. The van der Waals surface area contributed by atoms with E-state index in [1.807, 2.05) is 42.5 Å². The van der Waals surface area contributed by atoms with Gasteiger partial charge in [-0.1, -0.05) is 53.5 Å². The predicted molar refractivity (Wildman–Crippen MR) is 82.9 cm³/mol. The monoisotopic (exact) mass is 293 g/mol. The molecule has 0 aliphatic carbocycles. The van der Waals surface area contributed by atoms with Gasteiger partial charge in [0.15, 0.2) is 0 Å². The first-order valence-corrected chi connectivity index (χ1v) is 7.09. The Labute approximate surface area is 124 Å². The number of benzene rings is 2. The van der Waals surface area contributed by atoms with Crippen LogP contribution in [0.5, 0.6) is 0 Å². The zero-order valence-electron chi connectivity index (χ0n) is 11.0. The van der Waals surface area contributed by atoms with E-state index in [-0.39, 0.29) is 12.1 Å². The van der Waals surface area contributed by atoms with Crippen LogP contribution in [0.25, 0.3) is 0 Å². The molecule has 0 radical (unpaired) electrons. The maximum absolute atomic E-state index is 6.21. The summed E-state index contributed by atoms with van der Waals surface area (Å²) in [6.07, 6.45) is 0. The fraction of sp³-hybridized carbons (Fsp3) is 0.250. The Balaban J connectivity index is 2.08. The molecule has 0 saturated carbocycles. The van der Waals surface area contributed by atoms with Gasteiger partial charge in [0.1, 0.15) is 0 Å². The van der Waals surface area contributed by atoms with Crippen LogP contribution < -0.4 is 5.32 Å². The minimum Gasteiger partial charge on any atom is -0.304 e. The topological polar surface area (TPSA) is 12.0 Å². The molecule has 0 spiro atoms. The fourth-order valence-corrected chi connectivity index (χ4v) is 2.56. The normalized spacial score (nSPS) is 14.1. The van der Waals surface area contributed by atoms with Crippen LogP contribution in [0.4, 0.5) is 0 Å². The van der Waals surface area contributed by atoms with Crippen LogP contribution in [0.1, 0.15) is 37.1 Å². The van der Waals surface area contributed by atoms with Gasteiger partial charge in [0, 0.05) is 22.1 Å². The van der Waals surface area contributed by atoms with E-state index in [0.717, 1.165) is 15.6 Å². The van der Waals surface area contributed by atoms with Crippen molar-refractivity contribution in [2.24, 2.45) is 0 Å². The van der Waals surface area contributed by atoms with Gasteiger partial charge in [0.25, 0.3) is 0 Å². The van der Waals surface area contributed by atoms with Crippen LogP contribution in [0.15, 0.2) is 48.5 Å². The third-order valence-electron chi connectivity index (χ3n) is 3.24. The van der Waals surface area contributed by atoms with E-state index < -0.39 is 0 Å². The molecule has 2 rings (SSSR count). The summed E-state index contributed by atoms with van der Waals surface area (Å²) in [5, 5.41) is 5.10. The lowest BCUT2D eigenvalue weighted by Crippen LogP contribution is -2.22. The average Bonchev–Trinajstić information content (AvgIpc) is 2.39.